The Bertz CT molecular complexity index is 358. The van der Waals surface area contributed by atoms with E-state index in [4.69, 9.17) is 4.74 Å². The lowest BCUT2D eigenvalue weighted by Crippen LogP contribution is -2.15. The first-order valence-electron chi connectivity index (χ1n) is 6.48. The van der Waals surface area contributed by atoms with E-state index in [1.807, 2.05) is 26.0 Å². The molecule has 2 nitrogen and oxygen atoms in total. The molecule has 1 rings (SSSR count). The summed E-state index contributed by atoms with van der Waals surface area (Å²) in [7, 11) is 0. The summed E-state index contributed by atoms with van der Waals surface area (Å²) >= 11 is 0. The zero-order valence-electron chi connectivity index (χ0n) is 11.0. The molecule has 0 fully saturated rings. The molecule has 0 spiro atoms. The Balaban J connectivity index is 2.87. The Kier molecular flexibility index (Phi) is 5.75. The second-order valence-corrected chi connectivity index (χ2v) is 4.21. The molecule has 94 valence electrons. The molecule has 2 heteroatoms. The number of carbonyl (C=O) groups is 1. The number of ether oxygens (including phenoxy) is 1. The monoisotopic (exact) mass is 234 g/mol. The van der Waals surface area contributed by atoms with Crippen molar-refractivity contribution in [1.82, 2.24) is 0 Å². The quantitative estimate of drug-likeness (QED) is 0.702. The van der Waals surface area contributed by atoms with Crippen molar-refractivity contribution in [3.8, 4) is 0 Å². The predicted molar refractivity (Wildman–Crippen MR) is 70.1 cm³/mol. The van der Waals surface area contributed by atoms with Crippen LogP contribution in [0.1, 0.15) is 50.7 Å². The van der Waals surface area contributed by atoms with Crippen LogP contribution in [-0.2, 0) is 16.0 Å². The van der Waals surface area contributed by atoms with Crippen LogP contribution >= 0.6 is 0 Å². The summed E-state index contributed by atoms with van der Waals surface area (Å²) in [4.78, 5) is 11.8. The van der Waals surface area contributed by atoms with E-state index >= 15 is 0 Å². The summed E-state index contributed by atoms with van der Waals surface area (Å²) in [6, 6.07) is 8.30. The molecular weight excluding hydrogens is 212 g/mol. The molecule has 0 bridgehead atoms. The first-order chi connectivity index (χ1) is 8.22. The van der Waals surface area contributed by atoms with Crippen molar-refractivity contribution in [2.45, 2.75) is 46.0 Å². The number of hydrogen-bond acceptors (Lipinski definition) is 2. The van der Waals surface area contributed by atoms with Crippen molar-refractivity contribution in [3.05, 3.63) is 35.4 Å². The Hall–Kier alpha value is -1.31. The topological polar surface area (TPSA) is 26.3 Å². The first-order valence-corrected chi connectivity index (χ1v) is 6.48. The zero-order chi connectivity index (χ0) is 12.7. The van der Waals surface area contributed by atoms with Crippen LogP contribution in [0.25, 0.3) is 0 Å². The number of carbonyl (C=O) groups excluding carboxylic acids is 1. The third-order valence-electron chi connectivity index (χ3n) is 2.87. The van der Waals surface area contributed by atoms with Crippen LogP contribution in [0, 0.1) is 0 Å². The molecule has 0 aliphatic heterocycles. The summed E-state index contributed by atoms with van der Waals surface area (Å²) in [5.74, 6) is -0.226. The maximum absolute atomic E-state index is 11.8. The van der Waals surface area contributed by atoms with Gasteiger partial charge < -0.3 is 4.74 Å². The lowest BCUT2D eigenvalue weighted by molar-refractivity contribution is -0.145. The lowest BCUT2D eigenvalue weighted by Gasteiger charge is -2.14. The fraction of sp³-hybridized carbons (Fsp3) is 0.533. The molecule has 17 heavy (non-hydrogen) atoms. The van der Waals surface area contributed by atoms with Gasteiger partial charge in [0.15, 0.2) is 0 Å². The lowest BCUT2D eigenvalue weighted by atomic mass is 9.94. The van der Waals surface area contributed by atoms with Crippen molar-refractivity contribution >= 4 is 5.97 Å². The molecule has 1 unspecified atom stereocenters. The average molecular weight is 234 g/mol. The van der Waals surface area contributed by atoms with Gasteiger partial charge in [-0.1, -0.05) is 44.5 Å². The minimum absolute atomic E-state index is 0.108. The van der Waals surface area contributed by atoms with Gasteiger partial charge in [0, 0.05) is 0 Å². The van der Waals surface area contributed by atoms with Crippen molar-refractivity contribution in [1.29, 1.82) is 0 Å². The molecule has 0 aliphatic rings. The molecular formula is C15H22O2. The van der Waals surface area contributed by atoms with E-state index < -0.39 is 0 Å². The van der Waals surface area contributed by atoms with Gasteiger partial charge in [0.05, 0.1) is 12.5 Å². The average Bonchev–Trinajstić information content (AvgIpc) is 2.31. The van der Waals surface area contributed by atoms with E-state index in [2.05, 4.69) is 19.1 Å². The maximum atomic E-state index is 11.8. The van der Waals surface area contributed by atoms with Gasteiger partial charge in [-0.15, -0.1) is 0 Å². The third kappa shape index (κ3) is 3.88. The van der Waals surface area contributed by atoms with Crippen molar-refractivity contribution in [3.63, 3.8) is 0 Å². The smallest absolute Gasteiger partial charge is 0.313 e. The summed E-state index contributed by atoms with van der Waals surface area (Å²) < 4.78 is 5.11. The van der Waals surface area contributed by atoms with Gasteiger partial charge in [0.25, 0.3) is 0 Å². The molecule has 0 radical (unpaired) electrons. The summed E-state index contributed by atoms with van der Waals surface area (Å²) in [6.45, 7) is 6.48. The van der Waals surface area contributed by atoms with Gasteiger partial charge in [-0.3, -0.25) is 4.79 Å². The molecule has 0 heterocycles. The zero-order valence-corrected chi connectivity index (χ0v) is 11.0. The highest BCUT2D eigenvalue weighted by Gasteiger charge is 2.19. The Morgan fingerprint density at radius 3 is 2.65 bits per heavy atom. The summed E-state index contributed by atoms with van der Waals surface area (Å²) in [5, 5.41) is 0. The minimum Gasteiger partial charge on any atom is -0.466 e. The van der Waals surface area contributed by atoms with Crippen LogP contribution in [0.3, 0.4) is 0 Å². The standard InChI is InChI=1S/C15H22O2/c1-4-8-12-9-7-10-13(11-12)14(5-2)15(16)17-6-3/h7,9-11,14H,4-6,8H2,1-3H3. The third-order valence-corrected chi connectivity index (χ3v) is 2.87. The van der Waals surface area contributed by atoms with Crippen LogP contribution < -0.4 is 0 Å². The van der Waals surface area contributed by atoms with Crippen LogP contribution in [0.4, 0.5) is 0 Å². The van der Waals surface area contributed by atoms with Crippen LogP contribution in [0.15, 0.2) is 24.3 Å². The van der Waals surface area contributed by atoms with Crippen molar-refractivity contribution in [2.24, 2.45) is 0 Å². The second kappa shape index (κ2) is 7.10. The summed E-state index contributed by atoms with van der Waals surface area (Å²) in [5.41, 5.74) is 2.38. The van der Waals surface area contributed by atoms with Gasteiger partial charge in [-0.25, -0.2) is 0 Å². The molecule has 0 amide bonds. The highest BCUT2D eigenvalue weighted by atomic mass is 16.5. The van der Waals surface area contributed by atoms with E-state index in [9.17, 15) is 4.79 Å². The predicted octanol–water partition coefficient (Wildman–Crippen LogP) is 3.70. The van der Waals surface area contributed by atoms with E-state index in [0.717, 1.165) is 24.8 Å². The fourth-order valence-corrected chi connectivity index (χ4v) is 2.04. The summed E-state index contributed by atoms with van der Waals surface area (Å²) in [6.07, 6.45) is 2.97. The Morgan fingerprint density at radius 1 is 1.29 bits per heavy atom. The fourth-order valence-electron chi connectivity index (χ4n) is 2.04. The van der Waals surface area contributed by atoms with Gasteiger partial charge in [-0.05, 0) is 30.9 Å². The largest absolute Gasteiger partial charge is 0.466 e. The maximum Gasteiger partial charge on any atom is 0.313 e. The molecule has 0 aromatic heterocycles. The highest BCUT2D eigenvalue weighted by molar-refractivity contribution is 5.78. The van der Waals surface area contributed by atoms with E-state index in [0.29, 0.717) is 6.61 Å². The molecule has 0 saturated heterocycles. The van der Waals surface area contributed by atoms with Gasteiger partial charge >= 0.3 is 5.97 Å². The number of hydrogen-bond donors (Lipinski definition) is 0. The van der Waals surface area contributed by atoms with E-state index in [-0.39, 0.29) is 11.9 Å². The molecule has 1 aromatic rings. The van der Waals surface area contributed by atoms with Crippen molar-refractivity contribution < 1.29 is 9.53 Å². The number of esters is 1. The SMILES string of the molecule is CCCc1cccc(C(CC)C(=O)OCC)c1. The Morgan fingerprint density at radius 2 is 2.06 bits per heavy atom. The van der Waals surface area contributed by atoms with Gasteiger partial charge in [-0.2, -0.15) is 0 Å². The van der Waals surface area contributed by atoms with Gasteiger partial charge in [0.1, 0.15) is 0 Å². The van der Waals surface area contributed by atoms with Crippen LogP contribution in [0.5, 0.6) is 0 Å². The van der Waals surface area contributed by atoms with Crippen LogP contribution in [-0.4, -0.2) is 12.6 Å². The highest BCUT2D eigenvalue weighted by Crippen LogP contribution is 2.22. The van der Waals surface area contributed by atoms with E-state index in [1.54, 1.807) is 0 Å². The molecule has 0 aliphatic carbocycles. The molecule has 0 saturated carbocycles. The molecule has 1 aromatic carbocycles. The van der Waals surface area contributed by atoms with Crippen LogP contribution in [0.2, 0.25) is 0 Å². The van der Waals surface area contributed by atoms with Crippen molar-refractivity contribution in [2.75, 3.05) is 6.61 Å². The normalized spacial score (nSPS) is 12.2. The minimum atomic E-state index is -0.119. The molecule has 1 atom stereocenters. The van der Waals surface area contributed by atoms with Gasteiger partial charge in [0.2, 0.25) is 0 Å². The molecule has 0 N–H and O–H groups in total. The first kappa shape index (κ1) is 13.8. The number of benzene rings is 1. The Labute approximate surface area is 104 Å². The van der Waals surface area contributed by atoms with E-state index in [1.165, 1.54) is 5.56 Å². The second-order valence-electron chi connectivity index (χ2n) is 4.21. The number of aryl methyl sites for hydroxylation is 1. The number of rotatable bonds is 6.